The lowest BCUT2D eigenvalue weighted by Crippen LogP contribution is -2.70. The molecule has 11 heteroatoms. The molecule has 2 spiro atoms. The van der Waals surface area contributed by atoms with E-state index in [2.05, 4.69) is 27.7 Å². The van der Waals surface area contributed by atoms with E-state index in [1.54, 1.807) is 13.8 Å². The number of fused-ring (bicyclic) bond motifs is 4. The number of rotatable bonds is 10. The third kappa shape index (κ3) is 4.88. The fourth-order valence-corrected chi connectivity index (χ4v) is 12.8. The SMILES string of the molecule is CC(=O)OC(C1C[C@@H](C)[C@H]2C(O1)[C@H](O)[C@@]1(N)C3CCC4C(C)(C)C(OC(OCC=O)[C@H](O)C=O)CCC45CC35CCC21C)C(C)(C)O. The number of esters is 1. The molecule has 15 atom stereocenters. The molecule has 0 aromatic rings. The highest BCUT2D eigenvalue weighted by Crippen LogP contribution is 2.87. The second-order valence-corrected chi connectivity index (χ2v) is 17.5. The minimum absolute atomic E-state index is 0.00732. The van der Waals surface area contributed by atoms with Gasteiger partial charge in [0.2, 0.25) is 0 Å². The maximum atomic E-state index is 12.4. The Balaban J connectivity index is 1.27. The Morgan fingerprint density at radius 1 is 1.09 bits per heavy atom. The fraction of sp³-hybridized carbons (Fsp3) is 0.917. The highest BCUT2D eigenvalue weighted by atomic mass is 16.7. The van der Waals surface area contributed by atoms with Crippen molar-refractivity contribution >= 4 is 18.5 Å². The van der Waals surface area contributed by atoms with Crippen LogP contribution in [0.15, 0.2) is 0 Å². The third-order valence-electron chi connectivity index (χ3n) is 14.6. The molecule has 1 saturated heterocycles. The summed E-state index contributed by atoms with van der Waals surface area (Å²) in [6.07, 6.45) is 2.10. The van der Waals surface area contributed by atoms with Gasteiger partial charge in [0.15, 0.2) is 24.8 Å². The van der Waals surface area contributed by atoms with Crippen LogP contribution in [0.3, 0.4) is 0 Å². The van der Waals surface area contributed by atoms with Crippen molar-refractivity contribution in [3.8, 4) is 0 Å². The van der Waals surface area contributed by atoms with Gasteiger partial charge in [-0.25, -0.2) is 0 Å². The number of hydrogen-bond donors (Lipinski definition) is 4. The largest absolute Gasteiger partial charge is 0.457 e. The number of aliphatic hydroxyl groups excluding tert-OH is 2. The quantitative estimate of drug-likeness (QED) is 0.154. The molecule has 11 nitrogen and oxygen atoms in total. The summed E-state index contributed by atoms with van der Waals surface area (Å²) >= 11 is 0. The van der Waals surface area contributed by atoms with Crippen molar-refractivity contribution in [3.63, 3.8) is 0 Å². The Morgan fingerprint density at radius 2 is 1.74 bits per heavy atom. The van der Waals surface area contributed by atoms with Crippen molar-refractivity contribution in [2.75, 3.05) is 6.61 Å². The van der Waals surface area contributed by atoms with Crippen LogP contribution in [-0.2, 0) is 33.3 Å². The minimum atomic E-state index is -1.48. The van der Waals surface area contributed by atoms with Crippen molar-refractivity contribution in [3.05, 3.63) is 0 Å². The lowest BCUT2D eigenvalue weighted by atomic mass is 9.43. The molecule has 0 aromatic carbocycles. The lowest BCUT2D eigenvalue weighted by Gasteiger charge is -2.63. The van der Waals surface area contributed by atoms with Crippen molar-refractivity contribution in [1.82, 2.24) is 0 Å². The number of nitrogens with two attached hydrogens (primary N) is 1. The summed E-state index contributed by atoms with van der Waals surface area (Å²) in [4.78, 5) is 34.4. The molecule has 6 fully saturated rings. The van der Waals surface area contributed by atoms with Crippen LogP contribution < -0.4 is 5.73 Å². The van der Waals surface area contributed by atoms with Gasteiger partial charge in [0, 0.05) is 6.92 Å². The molecule has 1 heterocycles. The van der Waals surface area contributed by atoms with Gasteiger partial charge in [-0.1, -0.05) is 27.7 Å². The van der Waals surface area contributed by atoms with Gasteiger partial charge in [-0.3, -0.25) is 4.79 Å². The third-order valence-corrected chi connectivity index (χ3v) is 14.6. The van der Waals surface area contributed by atoms with Crippen LogP contribution in [0.25, 0.3) is 0 Å². The standard InChI is InChI=1S/C36H57NO10/c1-19-16-22(29(32(5,6)43)45-20(2)40)46-27-26(19)33(7)12-13-35-18-34(35)11-10-25(47-30(21(41)17-39)44-15-14-38)31(3,4)23(34)8-9-24(35)36(33,37)28(27)42/h14,17,19,21-30,41-43H,8-13,15-16,18,37H2,1-7H3/t19-,21-,22?,23?,24?,25?,26+,27?,28+,29?,30?,33?,34?,35?,36+/m1/s1. The highest BCUT2D eigenvalue weighted by Gasteiger charge is 2.85. The van der Waals surface area contributed by atoms with Crippen LogP contribution in [0.1, 0.15) is 99.8 Å². The normalized spacial score (nSPS) is 48.3. The van der Waals surface area contributed by atoms with Crippen LogP contribution in [0.5, 0.6) is 0 Å². The summed E-state index contributed by atoms with van der Waals surface area (Å²) in [5.41, 5.74) is 4.90. The summed E-state index contributed by atoms with van der Waals surface area (Å²) in [6.45, 7) is 13.2. The molecule has 5 N–H and O–H groups in total. The molecule has 0 radical (unpaired) electrons. The summed E-state index contributed by atoms with van der Waals surface area (Å²) in [5, 5.41) is 33.6. The second kappa shape index (κ2) is 11.5. The van der Waals surface area contributed by atoms with Crippen LogP contribution in [0.2, 0.25) is 0 Å². The summed E-state index contributed by atoms with van der Waals surface area (Å²) in [5.74, 6) is 0.0897. The van der Waals surface area contributed by atoms with Gasteiger partial charge < -0.3 is 49.6 Å². The summed E-state index contributed by atoms with van der Waals surface area (Å²) in [6, 6.07) is 0. The molecule has 0 bridgehead atoms. The summed E-state index contributed by atoms with van der Waals surface area (Å²) in [7, 11) is 0. The van der Waals surface area contributed by atoms with E-state index in [-0.39, 0.29) is 52.1 Å². The molecule has 5 aliphatic carbocycles. The average Bonchev–Trinajstić information content (AvgIpc) is 3.62. The fourth-order valence-electron chi connectivity index (χ4n) is 12.8. The average molecular weight is 664 g/mol. The number of aliphatic hydroxyl groups is 3. The van der Waals surface area contributed by atoms with Gasteiger partial charge in [-0.15, -0.1) is 0 Å². The molecular formula is C36H57NO10. The van der Waals surface area contributed by atoms with Gasteiger partial charge in [0.25, 0.3) is 0 Å². The molecule has 0 aromatic heterocycles. The summed E-state index contributed by atoms with van der Waals surface area (Å²) < 4.78 is 24.1. The first-order valence-electron chi connectivity index (χ1n) is 17.7. The smallest absolute Gasteiger partial charge is 0.303 e. The molecule has 10 unspecified atom stereocenters. The number of carbonyl (C=O) groups is 3. The zero-order valence-electron chi connectivity index (χ0n) is 29.1. The molecular weight excluding hydrogens is 606 g/mol. The van der Waals surface area contributed by atoms with Crippen LogP contribution in [0.4, 0.5) is 0 Å². The molecule has 6 aliphatic rings. The Bertz CT molecular complexity index is 1250. The Labute approximate surface area is 278 Å². The van der Waals surface area contributed by atoms with E-state index in [0.29, 0.717) is 24.9 Å². The van der Waals surface area contributed by atoms with Gasteiger partial charge >= 0.3 is 5.97 Å². The number of aldehydes is 2. The second-order valence-electron chi connectivity index (χ2n) is 17.5. The monoisotopic (exact) mass is 663 g/mol. The van der Waals surface area contributed by atoms with E-state index in [1.165, 1.54) is 6.92 Å². The van der Waals surface area contributed by atoms with E-state index < -0.39 is 53.9 Å². The van der Waals surface area contributed by atoms with Crippen LogP contribution in [0, 0.1) is 45.3 Å². The van der Waals surface area contributed by atoms with E-state index >= 15 is 0 Å². The van der Waals surface area contributed by atoms with Crippen molar-refractivity contribution in [1.29, 1.82) is 0 Å². The molecule has 5 saturated carbocycles. The Morgan fingerprint density at radius 3 is 2.36 bits per heavy atom. The maximum Gasteiger partial charge on any atom is 0.303 e. The predicted molar refractivity (Wildman–Crippen MR) is 170 cm³/mol. The van der Waals surface area contributed by atoms with Gasteiger partial charge in [0.05, 0.1) is 35.6 Å². The number of ether oxygens (including phenoxy) is 4. The van der Waals surface area contributed by atoms with Gasteiger partial charge in [0.1, 0.15) is 12.9 Å². The highest BCUT2D eigenvalue weighted by molar-refractivity contribution is 5.66. The van der Waals surface area contributed by atoms with E-state index in [4.69, 9.17) is 24.7 Å². The first kappa shape index (κ1) is 35.4. The Hall–Kier alpha value is -1.47. The van der Waals surface area contributed by atoms with Gasteiger partial charge in [-0.05, 0) is 111 Å². The number of carbonyl (C=O) groups excluding carboxylic acids is 3. The minimum Gasteiger partial charge on any atom is -0.457 e. The predicted octanol–water partition coefficient (Wildman–Crippen LogP) is 2.68. The zero-order chi connectivity index (χ0) is 34.5. The van der Waals surface area contributed by atoms with E-state index in [9.17, 15) is 29.7 Å². The first-order chi connectivity index (χ1) is 21.9. The molecule has 266 valence electrons. The van der Waals surface area contributed by atoms with Crippen LogP contribution in [-0.4, -0.2) is 94.5 Å². The van der Waals surface area contributed by atoms with Crippen molar-refractivity contribution in [2.45, 2.75) is 154 Å². The molecule has 1 aliphatic heterocycles. The molecule has 6 rings (SSSR count). The first-order valence-corrected chi connectivity index (χ1v) is 17.7. The lowest BCUT2D eigenvalue weighted by molar-refractivity contribution is -0.248. The van der Waals surface area contributed by atoms with Gasteiger partial charge in [-0.2, -0.15) is 0 Å². The molecule has 47 heavy (non-hydrogen) atoms. The Kier molecular flexibility index (Phi) is 8.68. The zero-order valence-corrected chi connectivity index (χ0v) is 29.1. The number of hydrogen-bond acceptors (Lipinski definition) is 11. The van der Waals surface area contributed by atoms with E-state index in [1.807, 2.05) is 0 Å². The maximum absolute atomic E-state index is 12.4. The van der Waals surface area contributed by atoms with E-state index in [0.717, 1.165) is 44.9 Å². The van der Waals surface area contributed by atoms with Crippen LogP contribution >= 0.6 is 0 Å². The topological polar surface area (TPSA) is 175 Å². The van der Waals surface area contributed by atoms with Crippen molar-refractivity contribution in [2.24, 2.45) is 51.1 Å². The molecule has 0 amide bonds. The van der Waals surface area contributed by atoms with Crippen molar-refractivity contribution < 1.29 is 48.7 Å².